The number of thiophene rings is 1. The summed E-state index contributed by atoms with van der Waals surface area (Å²) in [6.07, 6.45) is 0. The first-order valence-electron chi connectivity index (χ1n) is 24.4. The second-order valence-electron chi connectivity index (χ2n) is 13.3. The molecule has 4 heteroatoms. The molecule has 0 amide bonds. The van der Waals surface area contributed by atoms with E-state index in [0.29, 0.717) is 0 Å². The van der Waals surface area contributed by atoms with Gasteiger partial charge in [-0.25, -0.2) is 0 Å². The van der Waals surface area contributed by atoms with Crippen LogP contribution in [0.25, 0.3) is 130 Å². The zero-order chi connectivity index (χ0) is 46.8. The van der Waals surface area contributed by atoms with Crippen LogP contribution in [0, 0.1) is 0 Å². The molecule has 8 aromatic carbocycles. The Labute approximate surface area is 385 Å². The van der Waals surface area contributed by atoms with Crippen molar-refractivity contribution in [2.75, 3.05) is 0 Å². The van der Waals surface area contributed by atoms with Gasteiger partial charge in [0.05, 0.1) is 0 Å². The van der Waals surface area contributed by atoms with Gasteiger partial charge in [-0.1, -0.05) is 184 Å². The summed E-state index contributed by atoms with van der Waals surface area (Å²) in [5.41, 5.74) is 12.1. The Morgan fingerprint density at radius 2 is 0.656 bits per heavy atom. The van der Waals surface area contributed by atoms with E-state index in [0.717, 1.165) is 11.2 Å². The zero-order valence-corrected chi connectivity index (χ0v) is 42.2. The van der Waals surface area contributed by atoms with E-state index in [2.05, 4.69) is 131 Å². The number of hydrogen-bond donors (Lipinski definition) is 2. The first-order valence-corrected chi connectivity index (χ1v) is 25.3. The molecule has 12 aromatic rings. The maximum atomic E-state index is 6.18. The van der Waals surface area contributed by atoms with Crippen molar-refractivity contribution in [1.29, 1.82) is 0 Å². The average Bonchev–Trinajstić information content (AvgIpc) is 4.15. The monoisotopic (exact) mass is 867 g/mol. The van der Waals surface area contributed by atoms with E-state index in [4.69, 9.17) is 4.42 Å². The number of furan rings is 1. The Kier molecular flexibility index (Phi) is 16.8. The number of fused-ring (bicyclic) bond motifs is 2. The van der Waals surface area contributed by atoms with E-state index in [-0.39, 0.29) is 0 Å². The molecule has 2 N–H and O–H groups in total. The van der Waals surface area contributed by atoms with Gasteiger partial charge in [-0.2, -0.15) is 0 Å². The quantitative estimate of drug-likeness (QED) is 0.157. The molecule has 0 spiro atoms. The summed E-state index contributed by atoms with van der Waals surface area (Å²) in [5, 5.41) is 16.1. The summed E-state index contributed by atoms with van der Waals surface area (Å²) in [7, 11) is 0. The van der Waals surface area contributed by atoms with Gasteiger partial charge in [-0.3, -0.25) is 0 Å². The third kappa shape index (κ3) is 7.50. The Morgan fingerprint density at radius 1 is 0.281 bits per heavy atom. The number of aromatic nitrogens is 2. The molecule has 4 heterocycles. The van der Waals surface area contributed by atoms with E-state index < -0.39 is 0 Å². The lowest BCUT2D eigenvalue weighted by molar-refractivity contribution is 0.669. The van der Waals surface area contributed by atoms with Crippen LogP contribution in [-0.4, -0.2) is 9.97 Å². The van der Waals surface area contributed by atoms with Crippen LogP contribution in [0.2, 0.25) is 0 Å². The molecule has 0 unspecified atom stereocenters. The number of nitrogens with one attached hydrogen (secondary N) is 2. The molecular weight excluding hydrogens is 797 g/mol. The minimum atomic E-state index is 0.970. The standard InChI is InChI=1S/C22H11NO.C22H11NS.8C2H6/c2*1-3-12-13-4-2-6-16-20(13)22-17(24-16)10-8-11-7-9-15-21(18(11)22)19(12)14(5-1)23-15;8*1-2/h2*1-10,23H;8*1-2H3. The molecule has 332 valence electrons. The minimum absolute atomic E-state index is 0.970. The van der Waals surface area contributed by atoms with Gasteiger partial charge in [-0.15, -0.1) is 11.3 Å². The average molecular weight is 867 g/mol. The van der Waals surface area contributed by atoms with E-state index in [9.17, 15) is 0 Å². The van der Waals surface area contributed by atoms with Gasteiger partial charge in [0.1, 0.15) is 11.2 Å². The molecule has 0 fully saturated rings. The Morgan fingerprint density at radius 3 is 1.19 bits per heavy atom. The number of benzene rings is 8. The smallest absolute Gasteiger partial charge is 0.136 e. The maximum absolute atomic E-state index is 6.18. The van der Waals surface area contributed by atoms with Crippen LogP contribution in [0.5, 0.6) is 0 Å². The molecule has 2 aliphatic carbocycles. The molecule has 0 atom stereocenters. The van der Waals surface area contributed by atoms with Crippen molar-refractivity contribution in [3.05, 3.63) is 121 Å². The van der Waals surface area contributed by atoms with Crippen molar-refractivity contribution in [1.82, 2.24) is 9.97 Å². The predicted octanol–water partition coefficient (Wildman–Crippen LogP) is 21.4. The van der Waals surface area contributed by atoms with Gasteiger partial charge >= 0.3 is 0 Å². The molecule has 0 aliphatic heterocycles. The first kappa shape index (κ1) is 48.9. The van der Waals surface area contributed by atoms with Gasteiger partial charge in [0.2, 0.25) is 0 Å². The lowest BCUT2D eigenvalue weighted by Crippen LogP contribution is -1.79. The van der Waals surface area contributed by atoms with Crippen LogP contribution in [0.4, 0.5) is 0 Å². The van der Waals surface area contributed by atoms with Gasteiger partial charge < -0.3 is 14.4 Å². The van der Waals surface area contributed by atoms with Crippen molar-refractivity contribution in [2.45, 2.75) is 111 Å². The Bertz CT molecular complexity index is 3010. The van der Waals surface area contributed by atoms with Crippen LogP contribution in [0.15, 0.2) is 126 Å². The summed E-state index contributed by atoms with van der Waals surface area (Å²) < 4.78 is 8.96. The fourth-order valence-electron chi connectivity index (χ4n) is 9.22. The topological polar surface area (TPSA) is 44.7 Å². The molecule has 4 aromatic heterocycles. The van der Waals surface area contributed by atoms with Crippen molar-refractivity contribution < 1.29 is 4.42 Å². The van der Waals surface area contributed by atoms with Crippen LogP contribution < -0.4 is 0 Å². The normalized spacial score (nSPS) is 10.5. The third-order valence-electron chi connectivity index (χ3n) is 11.0. The fraction of sp³-hybridized carbons (Fsp3) is 0.267. The summed E-state index contributed by atoms with van der Waals surface area (Å²) in [6.45, 7) is 32.0. The maximum Gasteiger partial charge on any atom is 0.136 e. The molecule has 14 rings (SSSR count). The van der Waals surface area contributed by atoms with Gasteiger partial charge in [0, 0.05) is 85.3 Å². The lowest BCUT2D eigenvalue weighted by Gasteiger charge is -2.05. The van der Waals surface area contributed by atoms with Gasteiger partial charge in [-0.05, 0) is 81.6 Å². The number of rotatable bonds is 0. The molecule has 0 bridgehead atoms. The van der Waals surface area contributed by atoms with E-state index in [1.807, 2.05) is 122 Å². The number of H-pyrrole nitrogens is 2. The predicted molar refractivity (Wildman–Crippen MR) is 296 cm³/mol. The summed E-state index contributed by atoms with van der Waals surface area (Å²) in [4.78, 5) is 7.23. The third-order valence-corrected chi connectivity index (χ3v) is 12.2. The molecule has 0 radical (unpaired) electrons. The van der Waals surface area contributed by atoms with Crippen LogP contribution in [0.3, 0.4) is 0 Å². The highest BCUT2D eigenvalue weighted by Gasteiger charge is 2.24. The summed E-state index contributed by atoms with van der Waals surface area (Å²) >= 11 is 1.91. The highest BCUT2D eigenvalue weighted by atomic mass is 32.1. The fourth-order valence-corrected chi connectivity index (χ4v) is 10.4. The van der Waals surface area contributed by atoms with Crippen molar-refractivity contribution in [2.24, 2.45) is 0 Å². The number of hydrogen-bond acceptors (Lipinski definition) is 2. The largest absolute Gasteiger partial charge is 0.456 e. The second-order valence-corrected chi connectivity index (χ2v) is 14.4. The number of aromatic amines is 2. The van der Waals surface area contributed by atoms with Crippen LogP contribution >= 0.6 is 11.3 Å². The van der Waals surface area contributed by atoms with Crippen molar-refractivity contribution in [3.8, 4) is 22.3 Å². The van der Waals surface area contributed by atoms with E-state index >= 15 is 0 Å². The van der Waals surface area contributed by atoms with Crippen molar-refractivity contribution >= 4 is 119 Å². The first-order chi connectivity index (χ1) is 31.8. The molecule has 2 aliphatic rings. The lowest BCUT2D eigenvalue weighted by atomic mass is 9.98. The van der Waals surface area contributed by atoms with Gasteiger partial charge in [0.15, 0.2) is 0 Å². The molecule has 64 heavy (non-hydrogen) atoms. The summed E-state index contributed by atoms with van der Waals surface area (Å²) in [6, 6.07) is 44.0. The van der Waals surface area contributed by atoms with Crippen LogP contribution in [0.1, 0.15) is 111 Å². The minimum Gasteiger partial charge on any atom is -0.456 e. The van der Waals surface area contributed by atoms with E-state index in [1.54, 1.807) is 0 Å². The highest BCUT2D eigenvalue weighted by Crippen LogP contribution is 2.51. The molecule has 3 nitrogen and oxygen atoms in total. The molecule has 0 saturated heterocycles. The van der Waals surface area contributed by atoms with E-state index in [1.165, 1.54) is 118 Å². The molecule has 0 saturated carbocycles. The Balaban J connectivity index is 0.000000185. The molecular formula is C60H70N2OS. The Hall–Kier alpha value is -6.10. The van der Waals surface area contributed by atoms with Gasteiger partial charge in [0.25, 0.3) is 0 Å². The zero-order valence-electron chi connectivity index (χ0n) is 41.4. The second kappa shape index (κ2) is 22.0. The van der Waals surface area contributed by atoms with Crippen LogP contribution in [-0.2, 0) is 0 Å². The van der Waals surface area contributed by atoms with Crippen molar-refractivity contribution in [3.63, 3.8) is 0 Å². The highest BCUT2D eigenvalue weighted by molar-refractivity contribution is 7.26. The summed E-state index contributed by atoms with van der Waals surface area (Å²) in [5.74, 6) is 0. The SMILES string of the molecule is CC.CC.CC.CC.CC.CC.CC.CC.c1cc2c3c(c1)[nH]c1ccc4ccc5oc6cccc-2c6c5c4c13.c1cc2c3c(c1)[nH]c1ccc4ccc5sc6cccc-2c6c5c4c13.